The molecule has 1 heterocycles. The summed E-state index contributed by atoms with van der Waals surface area (Å²) in [4.78, 5) is 4.55. The van der Waals surface area contributed by atoms with E-state index in [1.54, 1.807) is 6.07 Å². The van der Waals surface area contributed by atoms with Gasteiger partial charge in [-0.25, -0.2) is 0 Å². The highest BCUT2D eigenvalue weighted by molar-refractivity contribution is 6.32. The summed E-state index contributed by atoms with van der Waals surface area (Å²) in [6.45, 7) is 3.92. The van der Waals surface area contributed by atoms with Gasteiger partial charge in [-0.15, -0.1) is 0 Å². The highest BCUT2D eigenvalue weighted by atomic mass is 35.5. The van der Waals surface area contributed by atoms with Crippen LogP contribution in [0.25, 0.3) is 28.9 Å². The van der Waals surface area contributed by atoms with Crippen LogP contribution in [0.5, 0.6) is 5.75 Å². The van der Waals surface area contributed by atoms with Crippen LogP contribution in [0.4, 0.5) is 0 Å². The first-order chi connectivity index (χ1) is 12.1. The molecule has 5 heteroatoms. The zero-order valence-corrected chi connectivity index (χ0v) is 14.7. The summed E-state index contributed by atoms with van der Waals surface area (Å²) < 4.78 is 11.1. The third-order valence-electron chi connectivity index (χ3n) is 4.04. The van der Waals surface area contributed by atoms with Gasteiger partial charge in [0.25, 0.3) is 5.89 Å². The van der Waals surface area contributed by atoms with Crippen LogP contribution in [-0.2, 0) is 6.42 Å². The second-order valence-corrected chi connectivity index (χ2v) is 6.62. The van der Waals surface area contributed by atoms with Gasteiger partial charge in [0.2, 0.25) is 5.82 Å². The van der Waals surface area contributed by atoms with Crippen molar-refractivity contribution in [3.8, 4) is 28.6 Å². The molecule has 1 aliphatic rings. The van der Waals surface area contributed by atoms with Crippen LogP contribution in [0, 0.1) is 0 Å². The Hall–Kier alpha value is -2.59. The summed E-state index contributed by atoms with van der Waals surface area (Å²) in [5.74, 6) is 1.68. The van der Waals surface area contributed by atoms with Gasteiger partial charge in [-0.05, 0) is 49.6 Å². The van der Waals surface area contributed by atoms with Gasteiger partial charge in [-0.1, -0.05) is 47.1 Å². The van der Waals surface area contributed by atoms with Gasteiger partial charge >= 0.3 is 0 Å². The first-order valence-electron chi connectivity index (χ1n) is 8.21. The van der Waals surface area contributed by atoms with Crippen LogP contribution in [0.3, 0.4) is 0 Å². The lowest BCUT2D eigenvalue weighted by Gasteiger charge is -2.11. The first kappa shape index (κ1) is 15.9. The lowest BCUT2D eigenvalue weighted by molar-refractivity contribution is 0.242. The number of halogens is 1. The average molecular weight is 353 g/mol. The van der Waals surface area contributed by atoms with Crippen molar-refractivity contribution in [1.29, 1.82) is 0 Å². The fraction of sp³-hybridized carbons (Fsp3) is 0.200. The van der Waals surface area contributed by atoms with Gasteiger partial charge in [0.05, 0.1) is 11.1 Å². The molecular weight excluding hydrogens is 336 g/mol. The van der Waals surface area contributed by atoms with Gasteiger partial charge < -0.3 is 9.26 Å². The highest BCUT2D eigenvalue weighted by Crippen LogP contribution is 2.33. The summed E-state index contributed by atoms with van der Waals surface area (Å²) in [5.41, 5.74) is 4.21. The maximum atomic E-state index is 6.30. The van der Waals surface area contributed by atoms with E-state index in [0.29, 0.717) is 22.5 Å². The quantitative estimate of drug-likeness (QED) is 0.629. The zero-order chi connectivity index (χ0) is 17.4. The van der Waals surface area contributed by atoms with Crippen molar-refractivity contribution in [1.82, 2.24) is 10.1 Å². The number of hydrogen-bond acceptors (Lipinski definition) is 4. The Kier molecular flexibility index (Phi) is 4.06. The average Bonchev–Trinajstić information content (AvgIpc) is 3.24. The van der Waals surface area contributed by atoms with Gasteiger partial charge in [0.15, 0.2) is 0 Å². The molecule has 0 saturated heterocycles. The molecule has 1 aromatic heterocycles. The minimum atomic E-state index is 0.0622. The van der Waals surface area contributed by atoms with Gasteiger partial charge in [-0.3, -0.25) is 0 Å². The molecule has 2 aromatic carbocycles. The molecule has 0 aliphatic heterocycles. The number of rotatable bonds is 4. The van der Waals surface area contributed by atoms with Crippen LogP contribution in [0.1, 0.15) is 25.0 Å². The van der Waals surface area contributed by atoms with Crippen LogP contribution in [0.2, 0.25) is 5.02 Å². The Labute approximate surface area is 151 Å². The molecule has 0 unspecified atom stereocenters. The van der Waals surface area contributed by atoms with Crippen LogP contribution in [-0.4, -0.2) is 16.2 Å². The first-order valence-corrected chi connectivity index (χ1v) is 8.58. The van der Waals surface area contributed by atoms with Gasteiger partial charge in [0.1, 0.15) is 5.75 Å². The molecule has 0 atom stereocenters. The van der Waals surface area contributed by atoms with Crippen molar-refractivity contribution in [2.75, 3.05) is 0 Å². The van der Waals surface area contributed by atoms with Crippen molar-refractivity contribution in [3.63, 3.8) is 0 Å². The fourth-order valence-corrected chi connectivity index (χ4v) is 3.16. The summed E-state index contributed by atoms with van der Waals surface area (Å²) >= 11 is 6.30. The number of hydrogen-bond donors (Lipinski definition) is 0. The van der Waals surface area contributed by atoms with E-state index >= 15 is 0 Å². The van der Waals surface area contributed by atoms with E-state index in [2.05, 4.69) is 28.4 Å². The maximum Gasteiger partial charge on any atom is 0.258 e. The Bertz CT molecular complexity index is 960. The number of benzene rings is 2. The molecule has 126 valence electrons. The molecule has 0 N–H and O–H groups in total. The van der Waals surface area contributed by atoms with E-state index in [-0.39, 0.29) is 6.10 Å². The van der Waals surface area contributed by atoms with Crippen molar-refractivity contribution >= 4 is 17.7 Å². The summed E-state index contributed by atoms with van der Waals surface area (Å²) in [5, 5.41) is 4.68. The predicted octanol–water partition coefficient (Wildman–Crippen LogP) is 5.41. The maximum absolute atomic E-state index is 6.30. The van der Waals surface area contributed by atoms with Crippen molar-refractivity contribution in [2.24, 2.45) is 0 Å². The van der Waals surface area contributed by atoms with E-state index in [1.807, 2.05) is 38.1 Å². The van der Waals surface area contributed by atoms with Crippen LogP contribution >= 0.6 is 11.6 Å². The molecule has 4 nitrogen and oxygen atoms in total. The van der Waals surface area contributed by atoms with Crippen LogP contribution in [0.15, 0.2) is 47.0 Å². The summed E-state index contributed by atoms with van der Waals surface area (Å²) in [6.07, 6.45) is 5.21. The van der Waals surface area contributed by atoms with E-state index in [9.17, 15) is 0 Å². The van der Waals surface area contributed by atoms with E-state index in [4.69, 9.17) is 20.9 Å². The molecule has 0 saturated carbocycles. The molecular formula is C20H17ClN2O2. The molecule has 0 spiro atoms. The molecule has 0 bridgehead atoms. The Morgan fingerprint density at radius 1 is 1.20 bits per heavy atom. The van der Waals surface area contributed by atoms with Crippen molar-refractivity contribution in [3.05, 3.63) is 58.6 Å². The zero-order valence-electron chi connectivity index (χ0n) is 14.0. The standard InChI is InChI=1S/C20H17ClN2O2/c1-12(2)24-18-10-9-14(11-17(18)21)20-22-19(23-25-20)16-8-4-6-13-5-3-7-15(13)16/h3-6,8-12H,7H2,1-2H3. The number of fused-ring (bicyclic) bond motifs is 1. The number of allylic oxidation sites excluding steroid dienone is 1. The molecule has 25 heavy (non-hydrogen) atoms. The number of nitrogens with zero attached hydrogens (tertiary/aromatic N) is 2. The lowest BCUT2D eigenvalue weighted by Crippen LogP contribution is -2.05. The minimum Gasteiger partial charge on any atom is -0.489 e. The molecule has 3 aromatic rings. The molecule has 0 amide bonds. The highest BCUT2D eigenvalue weighted by Gasteiger charge is 2.17. The Morgan fingerprint density at radius 3 is 2.88 bits per heavy atom. The SMILES string of the molecule is CC(C)Oc1ccc(-c2nc(-c3cccc4c3CC=C4)no2)cc1Cl. The van der Waals surface area contributed by atoms with E-state index < -0.39 is 0 Å². The summed E-state index contributed by atoms with van der Waals surface area (Å²) in [6, 6.07) is 11.6. The molecule has 0 radical (unpaired) electrons. The predicted molar refractivity (Wildman–Crippen MR) is 98.7 cm³/mol. The second-order valence-electron chi connectivity index (χ2n) is 6.21. The minimum absolute atomic E-state index is 0.0622. The lowest BCUT2D eigenvalue weighted by atomic mass is 10.0. The third-order valence-corrected chi connectivity index (χ3v) is 4.34. The largest absolute Gasteiger partial charge is 0.489 e. The smallest absolute Gasteiger partial charge is 0.258 e. The number of ether oxygens (including phenoxy) is 1. The fourth-order valence-electron chi connectivity index (χ4n) is 2.94. The number of aromatic nitrogens is 2. The topological polar surface area (TPSA) is 48.2 Å². The third kappa shape index (κ3) is 3.05. The normalized spacial score (nSPS) is 12.6. The molecule has 1 aliphatic carbocycles. The van der Waals surface area contributed by atoms with Gasteiger partial charge in [-0.2, -0.15) is 4.98 Å². The molecule has 4 rings (SSSR count). The Morgan fingerprint density at radius 2 is 2.08 bits per heavy atom. The van der Waals surface area contributed by atoms with Gasteiger partial charge in [0, 0.05) is 11.1 Å². The van der Waals surface area contributed by atoms with E-state index in [1.165, 1.54) is 11.1 Å². The molecule has 0 fully saturated rings. The second kappa shape index (κ2) is 6.37. The van der Waals surface area contributed by atoms with Crippen LogP contribution < -0.4 is 4.74 Å². The van der Waals surface area contributed by atoms with Crippen molar-refractivity contribution < 1.29 is 9.26 Å². The summed E-state index contributed by atoms with van der Waals surface area (Å²) in [7, 11) is 0. The Balaban J connectivity index is 1.66. The van der Waals surface area contributed by atoms with Crippen molar-refractivity contribution in [2.45, 2.75) is 26.4 Å². The van der Waals surface area contributed by atoms with E-state index in [0.717, 1.165) is 17.5 Å². The monoisotopic (exact) mass is 352 g/mol.